The van der Waals surface area contributed by atoms with Crippen molar-refractivity contribution >= 4 is 40.9 Å². The largest absolute Gasteiger partial charge is 0.342 e. The number of halogens is 2. The normalized spacial score (nSPS) is 11.8. The highest BCUT2D eigenvalue weighted by Crippen LogP contribution is 2.24. The smallest absolute Gasteiger partial charge is 0.254 e. The zero-order valence-electron chi connectivity index (χ0n) is 17.1. The lowest BCUT2D eigenvalue weighted by molar-refractivity contribution is -0.113. The quantitative estimate of drug-likeness (QED) is 0.516. The molecule has 0 radical (unpaired) electrons. The monoisotopic (exact) mass is 461 g/mol. The van der Waals surface area contributed by atoms with E-state index in [4.69, 9.17) is 11.6 Å². The van der Waals surface area contributed by atoms with Gasteiger partial charge in [-0.1, -0.05) is 41.6 Å². The highest BCUT2D eigenvalue weighted by Gasteiger charge is 2.20. The molecule has 162 valence electrons. The van der Waals surface area contributed by atoms with Gasteiger partial charge in [0.2, 0.25) is 5.91 Å². The molecule has 0 spiro atoms. The highest BCUT2D eigenvalue weighted by atomic mass is 35.5. The summed E-state index contributed by atoms with van der Waals surface area (Å²) in [5.74, 6) is -0.742. The molecule has 0 bridgehead atoms. The van der Waals surface area contributed by atoms with Crippen LogP contribution in [0.5, 0.6) is 0 Å². The number of nitrogens with one attached hydrogen (secondary N) is 2. The van der Waals surface area contributed by atoms with Crippen LogP contribution in [-0.4, -0.2) is 32.3 Å². The Morgan fingerprint density at radius 2 is 1.94 bits per heavy atom. The van der Waals surface area contributed by atoms with Crippen LogP contribution in [0.4, 0.5) is 10.1 Å². The molecule has 2 aromatic carbocycles. The van der Waals surface area contributed by atoms with Crippen LogP contribution in [0.3, 0.4) is 0 Å². The standard InChI is InChI=1S/C21H21ClFN5O2S/c1-12-15(22)8-6-10-17(12)25-18(29)11-31-21-27-26-19(28(21)3)13(2)24-20(30)14-7-4-5-9-16(14)23/h4-10,13H,11H2,1-3H3,(H,24,30)(H,25,29). The number of hydrogen-bond donors (Lipinski definition) is 2. The third-order valence-electron chi connectivity index (χ3n) is 4.60. The zero-order chi connectivity index (χ0) is 22.5. The predicted octanol–water partition coefficient (Wildman–Crippen LogP) is 4.14. The van der Waals surface area contributed by atoms with E-state index >= 15 is 0 Å². The van der Waals surface area contributed by atoms with E-state index in [0.29, 0.717) is 21.7 Å². The number of rotatable bonds is 7. The van der Waals surface area contributed by atoms with Crippen LogP contribution in [0, 0.1) is 12.7 Å². The van der Waals surface area contributed by atoms with E-state index in [9.17, 15) is 14.0 Å². The molecule has 0 saturated heterocycles. The van der Waals surface area contributed by atoms with Crippen LogP contribution in [0.15, 0.2) is 47.6 Å². The zero-order valence-corrected chi connectivity index (χ0v) is 18.7. The van der Waals surface area contributed by atoms with Gasteiger partial charge in [-0.15, -0.1) is 10.2 Å². The molecule has 10 heteroatoms. The van der Waals surface area contributed by atoms with Gasteiger partial charge in [-0.25, -0.2) is 4.39 Å². The number of amides is 2. The SMILES string of the molecule is Cc1c(Cl)cccc1NC(=O)CSc1nnc(C(C)NC(=O)c2ccccc2F)n1C. The number of aromatic nitrogens is 3. The number of thioether (sulfide) groups is 1. The Bertz CT molecular complexity index is 1120. The van der Waals surface area contributed by atoms with Gasteiger partial charge in [0.15, 0.2) is 11.0 Å². The summed E-state index contributed by atoms with van der Waals surface area (Å²) in [6.45, 7) is 3.56. The summed E-state index contributed by atoms with van der Waals surface area (Å²) in [4.78, 5) is 24.6. The van der Waals surface area contributed by atoms with Gasteiger partial charge < -0.3 is 15.2 Å². The van der Waals surface area contributed by atoms with E-state index in [0.717, 1.165) is 5.56 Å². The van der Waals surface area contributed by atoms with Crippen LogP contribution in [0.1, 0.15) is 34.7 Å². The molecule has 0 aliphatic rings. The maximum atomic E-state index is 13.8. The Labute approximate surface area is 188 Å². The minimum Gasteiger partial charge on any atom is -0.342 e. The number of nitrogens with zero attached hydrogens (tertiary/aromatic N) is 3. The molecule has 3 aromatic rings. The predicted molar refractivity (Wildman–Crippen MR) is 119 cm³/mol. The van der Waals surface area contributed by atoms with Gasteiger partial charge in [0.25, 0.3) is 5.91 Å². The minimum atomic E-state index is -0.595. The molecular formula is C21H21ClFN5O2S. The molecule has 1 aromatic heterocycles. The first-order valence-corrected chi connectivity index (χ1v) is 10.8. The molecule has 0 aliphatic carbocycles. The van der Waals surface area contributed by atoms with Crippen molar-refractivity contribution in [1.82, 2.24) is 20.1 Å². The second kappa shape index (κ2) is 9.93. The molecule has 0 fully saturated rings. The molecule has 7 nitrogen and oxygen atoms in total. The summed E-state index contributed by atoms with van der Waals surface area (Å²) in [7, 11) is 1.74. The first-order chi connectivity index (χ1) is 14.8. The molecule has 0 aliphatic heterocycles. The molecule has 1 unspecified atom stereocenters. The second-order valence-electron chi connectivity index (χ2n) is 6.82. The Kier molecular flexibility index (Phi) is 7.29. The van der Waals surface area contributed by atoms with E-state index in [1.54, 1.807) is 42.8 Å². The van der Waals surface area contributed by atoms with Crippen molar-refractivity contribution < 1.29 is 14.0 Å². The third-order valence-corrected chi connectivity index (χ3v) is 6.03. The maximum Gasteiger partial charge on any atom is 0.254 e. The van der Waals surface area contributed by atoms with Gasteiger partial charge in [0.1, 0.15) is 5.82 Å². The number of carbonyl (C=O) groups is 2. The fourth-order valence-electron chi connectivity index (χ4n) is 2.87. The van der Waals surface area contributed by atoms with E-state index in [1.807, 2.05) is 6.92 Å². The topological polar surface area (TPSA) is 88.9 Å². The Hall–Kier alpha value is -2.91. The maximum absolute atomic E-state index is 13.8. The van der Waals surface area contributed by atoms with Gasteiger partial charge in [0.05, 0.1) is 17.4 Å². The van der Waals surface area contributed by atoms with Crippen molar-refractivity contribution in [1.29, 1.82) is 0 Å². The summed E-state index contributed by atoms with van der Waals surface area (Å²) < 4.78 is 15.5. The number of anilines is 1. The van der Waals surface area contributed by atoms with Crippen LogP contribution >= 0.6 is 23.4 Å². The van der Waals surface area contributed by atoms with Crippen molar-refractivity contribution in [3.05, 3.63) is 70.3 Å². The lowest BCUT2D eigenvalue weighted by Gasteiger charge is -2.14. The number of benzene rings is 2. The van der Waals surface area contributed by atoms with Gasteiger partial charge in [-0.2, -0.15) is 0 Å². The van der Waals surface area contributed by atoms with Crippen molar-refractivity contribution in [3.8, 4) is 0 Å². The lowest BCUT2D eigenvalue weighted by atomic mass is 10.2. The molecule has 2 amide bonds. The average molecular weight is 462 g/mol. The van der Waals surface area contributed by atoms with Crippen molar-refractivity contribution in [2.24, 2.45) is 7.05 Å². The van der Waals surface area contributed by atoms with Gasteiger partial charge in [0, 0.05) is 17.8 Å². The molecule has 3 rings (SSSR count). The van der Waals surface area contributed by atoms with E-state index < -0.39 is 17.8 Å². The summed E-state index contributed by atoms with van der Waals surface area (Å²) >= 11 is 7.29. The van der Waals surface area contributed by atoms with Crippen LogP contribution < -0.4 is 10.6 Å². The number of carbonyl (C=O) groups excluding carboxylic acids is 2. The molecule has 0 saturated carbocycles. The van der Waals surface area contributed by atoms with Gasteiger partial charge in [-0.3, -0.25) is 9.59 Å². The lowest BCUT2D eigenvalue weighted by Crippen LogP contribution is -2.29. The highest BCUT2D eigenvalue weighted by molar-refractivity contribution is 7.99. The van der Waals surface area contributed by atoms with Crippen LogP contribution in [-0.2, 0) is 11.8 Å². The van der Waals surface area contributed by atoms with E-state index in [1.165, 1.54) is 30.0 Å². The fourth-order valence-corrected chi connectivity index (χ4v) is 3.77. The summed E-state index contributed by atoms with van der Waals surface area (Å²) in [5.41, 5.74) is 1.41. The minimum absolute atomic E-state index is 0.0425. The number of hydrogen-bond acceptors (Lipinski definition) is 5. The second-order valence-corrected chi connectivity index (χ2v) is 8.17. The molecule has 1 heterocycles. The molecular weight excluding hydrogens is 441 g/mol. The van der Waals surface area contributed by atoms with Crippen molar-refractivity contribution in [2.45, 2.75) is 25.0 Å². The average Bonchev–Trinajstić information content (AvgIpc) is 3.10. The molecule has 31 heavy (non-hydrogen) atoms. The summed E-state index contributed by atoms with van der Waals surface area (Å²) in [6.07, 6.45) is 0. The third kappa shape index (κ3) is 5.42. The summed E-state index contributed by atoms with van der Waals surface area (Å²) in [5, 5.41) is 14.8. The fraction of sp³-hybridized carbons (Fsp3) is 0.238. The molecule has 1 atom stereocenters. The van der Waals surface area contributed by atoms with Gasteiger partial charge >= 0.3 is 0 Å². The first-order valence-electron chi connectivity index (χ1n) is 9.40. The van der Waals surface area contributed by atoms with Crippen molar-refractivity contribution in [3.63, 3.8) is 0 Å². The first kappa shape index (κ1) is 22.8. The summed E-state index contributed by atoms with van der Waals surface area (Å²) in [6, 6.07) is 10.5. The van der Waals surface area contributed by atoms with E-state index in [-0.39, 0.29) is 17.2 Å². The van der Waals surface area contributed by atoms with Gasteiger partial charge in [-0.05, 0) is 43.7 Å². The van der Waals surface area contributed by atoms with Crippen LogP contribution in [0.2, 0.25) is 5.02 Å². The Balaban J connectivity index is 1.60. The van der Waals surface area contributed by atoms with E-state index in [2.05, 4.69) is 20.8 Å². The van der Waals surface area contributed by atoms with Crippen LogP contribution in [0.25, 0.3) is 0 Å². The van der Waals surface area contributed by atoms with Crippen molar-refractivity contribution in [2.75, 3.05) is 11.1 Å². The molecule has 2 N–H and O–H groups in total. The Morgan fingerprint density at radius 1 is 1.19 bits per heavy atom. The Morgan fingerprint density at radius 3 is 2.68 bits per heavy atom.